The number of carbonyl (C=O) groups excluding carboxylic acids is 1. The molecule has 0 aliphatic rings. The van der Waals surface area contributed by atoms with Gasteiger partial charge in [-0.1, -0.05) is 12.1 Å². The average molecular weight is 781 g/mol. The van der Waals surface area contributed by atoms with Gasteiger partial charge in [-0.3, -0.25) is 9.97 Å². The maximum absolute atomic E-state index is 13.5. The summed E-state index contributed by atoms with van der Waals surface area (Å²) >= 11 is 0. The minimum Gasteiger partial charge on any atom is -0.870 e. The molecule has 0 unspecified atom stereocenters. The van der Waals surface area contributed by atoms with E-state index in [-0.39, 0.29) is 81.6 Å². The van der Waals surface area contributed by atoms with Gasteiger partial charge in [-0.05, 0) is 67.6 Å². The predicted octanol–water partition coefficient (Wildman–Crippen LogP) is 3.64. The van der Waals surface area contributed by atoms with E-state index in [2.05, 4.69) is 40.5 Å². The van der Waals surface area contributed by atoms with Crippen LogP contribution in [-0.4, -0.2) is 72.1 Å². The Balaban J connectivity index is 0.000000291. The molecule has 0 aliphatic heterocycles. The molecule has 0 radical (unpaired) electrons. The van der Waals surface area contributed by atoms with Gasteiger partial charge in [-0.25, -0.2) is 47.1 Å². The van der Waals surface area contributed by atoms with Crippen LogP contribution in [0.4, 0.5) is 29.2 Å². The first-order valence-corrected chi connectivity index (χ1v) is 16.5. The van der Waals surface area contributed by atoms with Gasteiger partial charge in [0.05, 0.1) is 6.61 Å². The van der Waals surface area contributed by atoms with Crippen LogP contribution in [0.15, 0.2) is 97.6 Å². The quantitative estimate of drug-likeness (QED) is 0.0875. The maximum atomic E-state index is 13.5. The number of hydrogen-bond donors (Lipinski definition) is 3. The van der Waals surface area contributed by atoms with E-state index >= 15 is 0 Å². The molecule has 0 spiro atoms. The first-order valence-electron chi connectivity index (χ1n) is 16.5. The van der Waals surface area contributed by atoms with Gasteiger partial charge >= 0.3 is 41.5 Å². The summed E-state index contributed by atoms with van der Waals surface area (Å²) in [4.78, 5) is 48.5. The Labute approximate surface area is 340 Å². The molecule has 56 heavy (non-hydrogen) atoms. The minimum atomic E-state index is -1.19. The summed E-state index contributed by atoms with van der Waals surface area (Å²) < 4.78 is 58.2. The van der Waals surface area contributed by atoms with Crippen molar-refractivity contribution in [2.45, 2.75) is 19.8 Å². The molecular weight excluding hydrogens is 747 g/mol. The molecule has 4 N–H and O–H groups in total. The number of anilines is 2. The smallest absolute Gasteiger partial charge is 0.870 e. The van der Waals surface area contributed by atoms with Crippen LogP contribution < -0.4 is 40.2 Å². The molecular formula is C38H33F4N8NaO5. The first kappa shape index (κ1) is 44.5. The van der Waals surface area contributed by atoms with Crippen molar-refractivity contribution in [3.63, 3.8) is 0 Å². The third-order valence-corrected chi connectivity index (χ3v) is 7.46. The molecule has 6 rings (SSSR count). The fraction of sp³-hybridized carbons (Fsp3) is 0.158. The number of rotatable bonds is 13. The van der Waals surface area contributed by atoms with Crippen molar-refractivity contribution in [3.8, 4) is 22.8 Å². The summed E-state index contributed by atoms with van der Waals surface area (Å²) in [5, 5.41) is 15.3. The molecule has 4 aromatic heterocycles. The molecule has 284 valence electrons. The molecule has 0 amide bonds. The van der Waals surface area contributed by atoms with Gasteiger partial charge in [0.1, 0.15) is 22.8 Å². The topological polar surface area (TPSA) is 195 Å². The number of benzene rings is 2. The number of esters is 1. The molecule has 0 fully saturated rings. The molecule has 13 nitrogen and oxygen atoms in total. The maximum Gasteiger partial charge on any atom is 1.00 e. The number of nitrogens with zero attached hydrogens (tertiary/aromatic N) is 6. The van der Waals surface area contributed by atoms with E-state index in [0.717, 1.165) is 41.9 Å². The molecule has 2 aromatic carbocycles. The monoisotopic (exact) mass is 780 g/mol. The van der Waals surface area contributed by atoms with Crippen LogP contribution in [-0.2, 0) is 17.6 Å². The number of nitrogens with one attached hydrogen (secondary N) is 2. The zero-order valence-corrected chi connectivity index (χ0v) is 32.1. The Morgan fingerprint density at radius 3 is 1.54 bits per heavy atom. The van der Waals surface area contributed by atoms with Crippen LogP contribution in [0.25, 0.3) is 22.8 Å². The molecule has 0 bridgehead atoms. The van der Waals surface area contributed by atoms with Crippen molar-refractivity contribution in [1.29, 1.82) is 0 Å². The molecule has 0 aliphatic carbocycles. The Kier molecular flexibility index (Phi) is 17.4. The summed E-state index contributed by atoms with van der Waals surface area (Å²) in [6, 6.07) is 17.7. The standard InChI is InChI=1S/C20H18F2N4O2.C18H14F2N4O2.Na.H2O/c1-2-28-20(27)15-12-25-18(13-6-7-16(21)17(22)11-13)26-19(15)24-10-8-14-5-3-4-9-23-14;19-14-5-4-11(9-15(14)20)16-23-10-13(18(25)26)17(24-16)22-8-6-12-3-1-2-7-21-12;;/h3-7,9,11-12H,2,8,10H2,1H3,(H,24,25,26);1-5,7,9-10H,6,8H2,(H,25,26)(H,22,23,24);;1H2/q;;+1;/p-1. The van der Waals surface area contributed by atoms with Crippen LogP contribution in [0.1, 0.15) is 39.0 Å². The van der Waals surface area contributed by atoms with E-state index in [0.29, 0.717) is 31.5 Å². The van der Waals surface area contributed by atoms with E-state index in [4.69, 9.17) is 4.74 Å². The number of carboxylic acid groups (broad SMARTS) is 1. The van der Waals surface area contributed by atoms with Crippen LogP contribution >= 0.6 is 0 Å². The van der Waals surface area contributed by atoms with Crippen LogP contribution in [0.3, 0.4) is 0 Å². The van der Waals surface area contributed by atoms with E-state index in [9.17, 15) is 32.3 Å². The number of aromatic carboxylic acids is 1. The van der Waals surface area contributed by atoms with Crippen LogP contribution in [0.2, 0.25) is 0 Å². The normalized spacial score (nSPS) is 10.2. The van der Waals surface area contributed by atoms with Crippen LogP contribution in [0.5, 0.6) is 0 Å². The van der Waals surface area contributed by atoms with Crippen molar-refractivity contribution in [2.75, 3.05) is 30.3 Å². The second-order valence-electron chi connectivity index (χ2n) is 11.2. The van der Waals surface area contributed by atoms with Crippen molar-refractivity contribution in [3.05, 3.63) is 143 Å². The average Bonchev–Trinajstić information content (AvgIpc) is 3.18. The first-order chi connectivity index (χ1) is 26.1. The van der Waals surface area contributed by atoms with Gasteiger partial charge in [-0.2, -0.15) is 0 Å². The van der Waals surface area contributed by atoms with Gasteiger partial charge in [0.25, 0.3) is 0 Å². The molecule has 0 saturated heterocycles. The second-order valence-corrected chi connectivity index (χ2v) is 11.2. The van der Waals surface area contributed by atoms with Gasteiger partial charge in [-0.15, -0.1) is 0 Å². The van der Waals surface area contributed by atoms with Gasteiger partial charge in [0, 0.05) is 73.2 Å². The van der Waals surface area contributed by atoms with Crippen molar-refractivity contribution in [2.24, 2.45) is 0 Å². The number of halogens is 4. The number of ether oxygens (including phenoxy) is 1. The molecule has 6 aromatic rings. The Hall–Kier alpha value is -5.88. The fourth-order valence-corrected chi connectivity index (χ4v) is 4.81. The zero-order valence-electron chi connectivity index (χ0n) is 30.1. The summed E-state index contributed by atoms with van der Waals surface area (Å²) in [6.45, 7) is 2.75. The Morgan fingerprint density at radius 2 is 1.12 bits per heavy atom. The second kappa shape index (κ2) is 21.9. The molecule has 0 saturated carbocycles. The number of pyridine rings is 2. The summed E-state index contributed by atoms with van der Waals surface area (Å²) in [5.74, 6) is -5.13. The third-order valence-electron chi connectivity index (χ3n) is 7.46. The predicted molar refractivity (Wildman–Crippen MR) is 192 cm³/mol. The summed E-state index contributed by atoms with van der Waals surface area (Å²) in [5.41, 5.74) is 2.30. The molecule has 4 heterocycles. The number of carbonyl (C=O) groups is 2. The van der Waals surface area contributed by atoms with Gasteiger partial charge in [0.2, 0.25) is 0 Å². The van der Waals surface area contributed by atoms with Crippen molar-refractivity contribution >= 4 is 23.6 Å². The van der Waals surface area contributed by atoms with Gasteiger partial charge in [0.15, 0.2) is 34.9 Å². The summed E-state index contributed by atoms with van der Waals surface area (Å²) in [6.07, 6.45) is 6.98. The Morgan fingerprint density at radius 1 is 0.661 bits per heavy atom. The number of hydrogen-bond acceptors (Lipinski definition) is 12. The zero-order chi connectivity index (χ0) is 38.5. The minimum absolute atomic E-state index is 0. The third kappa shape index (κ3) is 12.3. The largest absolute Gasteiger partial charge is 1.00 e. The van der Waals surface area contributed by atoms with E-state index in [1.807, 2.05) is 30.3 Å². The van der Waals surface area contributed by atoms with Crippen molar-refractivity contribution < 1.29 is 72.0 Å². The number of carboxylic acids is 1. The van der Waals surface area contributed by atoms with Crippen molar-refractivity contribution in [1.82, 2.24) is 29.9 Å². The van der Waals surface area contributed by atoms with E-state index in [1.165, 1.54) is 18.3 Å². The van der Waals surface area contributed by atoms with E-state index < -0.39 is 35.2 Å². The SMILES string of the molecule is CCOC(=O)c1cnc(-c2ccc(F)c(F)c2)nc1NCCc1ccccn1.O=C(O)c1cnc(-c2ccc(F)c(F)c2)nc1NCCc1ccccn1.[Na+].[OH-]. The molecule has 18 heteroatoms. The van der Waals surface area contributed by atoms with Crippen LogP contribution in [0, 0.1) is 23.3 Å². The fourth-order valence-electron chi connectivity index (χ4n) is 4.81. The van der Waals surface area contributed by atoms with E-state index in [1.54, 1.807) is 25.4 Å². The molecule has 0 atom stereocenters. The number of aromatic nitrogens is 6. The Bertz CT molecular complexity index is 2230. The van der Waals surface area contributed by atoms with Gasteiger partial charge < -0.3 is 26.0 Å². The summed E-state index contributed by atoms with van der Waals surface area (Å²) in [7, 11) is 0.